The molecular formula is C24H20N2O8. The lowest BCUT2D eigenvalue weighted by molar-refractivity contribution is -0.116. The molecule has 0 aromatic heterocycles. The standard InChI is InChI=1S/C24H20N2O8/c27-19-7-5-13(23(31)32)9-15(19)11-21(29)25-17-3-1-2-4-18(17)26-22(30)12-16-10-14(24(33)34)6-8-20(16)28/h1-10,27-28H,11-12H2,(H,25,29)(H,26,30)(H,31,32)(H,33,34). The number of phenols is 2. The Labute approximate surface area is 193 Å². The summed E-state index contributed by atoms with van der Waals surface area (Å²) in [7, 11) is 0. The van der Waals surface area contributed by atoms with Gasteiger partial charge in [-0.1, -0.05) is 12.1 Å². The topological polar surface area (TPSA) is 173 Å². The number of hydrogen-bond acceptors (Lipinski definition) is 6. The van der Waals surface area contributed by atoms with Crippen molar-refractivity contribution < 1.29 is 39.6 Å². The molecule has 0 unspecified atom stereocenters. The van der Waals surface area contributed by atoms with Gasteiger partial charge in [0.15, 0.2) is 0 Å². The minimum Gasteiger partial charge on any atom is -0.508 e. The number of hydrogen-bond donors (Lipinski definition) is 6. The molecule has 10 nitrogen and oxygen atoms in total. The highest BCUT2D eigenvalue weighted by atomic mass is 16.4. The third-order valence-electron chi connectivity index (χ3n) is 4.83. The summed E-state index contributed by atoms with van der Waals surface area (Å²) in [6.07, 6.45) is -0.629. The lowest BCUT2D eigenvalue weighted by Gasteiger charge is -2.13. The Bertz CT molecular complexity index is 1190. The van der Waals surface area contributed by atoms with Gasteiger partial charge in [0.05, 0.1) is 35.3 Å². The number of benzene rings is 3. The first-order chi connectivity index (χ1) is 16.1. The van der Waals surface area contributed by atoms with Gasteiger partial charge >= 0.3 is 11.9 Å². The first kappa shape index (κ1) is 23.8. The number of phenolic OH excluding ortho intramolecular Hbond substituents is 2. The number of carbonyl (C=O) groups is 4. The Kier molecular flexibility index (Phi) is 7.12. The van der Waals surface area contributed by atoms with Crippen LogP contribution < -0.4 is 10.6 Å². The number of nitrogens with one attached hydrogen (secondary N) is 2. The zero-order chi connectivity index (χ0) is 24.8. The van der Waals surface area contributed by atoms with Crippen LogP contribution in [0, 0.1) is 0 Å². The van der Waals surface area contributed by atoms with E-state index in [1.165, 1.54) is 48.5 Å². The van der Waals surface area contributed by atoms with Crippen molar-refractivity contribution in [3.05, 3.63) is 82.9 Å². The largest absolute Gasteiger partial charge is 0.508 e. The molecule has 10 heteroatoms. The molecule has 0 bridgehead atoms. The molecule has 3 aromatic rings. The number of para-hydroxylation sites is 2. The predicted octanol–water partition coefficient (Wildman–Crippen LogP) is 2.86. The molecule has 0 aliphatic heterocycles. The van der Waals surface area contributed by atoms with Crippen LogP contribution in [0.3, 0.4) is 0 Å². The molecule has 34 heavy (non-hydrogen) atoms. The Morgan fingerprint density at radius 2 is 1.00 bits per heavy atom. The molecule has 0 heterocycles. The van der Waals surface area contributed by atoms with E-state index in [0.717, 1.165) is 0 Å². The summed E-state index contributed by atoms with van der Waals surface area (Å²) in [4.78, 5) is 47.3. The van der Waals surface area contributed by atoms with Gasteiger partial charge in [0, 0.05) is 11.1 Å². The molecule has 0 spiro atoms. The van der Waals surface area contributed by atoms with E-state index in [0.29, 0.717) is 0 Å². The first-order valence-electron chi connectivity index (χ1n) is 9.93. The first-order valence-corrected chi connectivity index (χ1v) is 9.93. The van der Waals surface area contributed by atoms with Gasteiger partial charge in [-0.25, -0.2) is 9.59 Å². The highest BCUT2D eigenvalue weighted by Gasteiger charge is 2.16. The molecule has 3 aromatic carbocycles. The molecule has 0 aliphatic rings. The van der Waals surface area contributed by atoms with Crippen LogP contribution in [-0.2, 0) is 22.4 Å². The monoisotopic (exact) mass is 464 g/mol. The van der Waals surface area contributed by atoms with Crippen LogP contribution in [0.15, 0.2) is 60.7 Å². The second-order valence-corrected chi connectivity index (χ2v) is 7.29. The maximum Gasteiger partial charge on any atom is 0.335 e. The maximum atomic E-state index is 12.5. The zero-order valence-corrected chi connectivity index (χ0v) is 17.6. The molecule has 0 fully saturated rings. The SMILES string of the molecule is O=C(Cc1cc(C(=O)O)ccc1O)Nc1ccccc1NC(=O)Cc1cc(C(=O)O)ccc1O. The number of aromatic hydroxyl groups is 2. The normalized spacial score (nSPS) is 10.4. The van der Waals surface area contributed by atoms with Crippen LogP contribution in [0.25, 0.3) is 0 Å². The van der Waals surface area contributed by atoms with Crippen molar-refractivity contribution in [3.8, 4) is 11.5 Å². The van der Waals surface area contributed by atoms with E-state index < -0.39 is 23.8 Å². The molecule has 0 atom stereocenters. The third kappa shape index (κ3) is 5.88. The highest BCUT2D eigenvalue weighted by Crippen LogP contribution is 2.25. The molecule has 174 valence electrons. The van der Waals surface area contributed by atoms with Gasteiger partial charge in [-0.15, -0.1) is 0 Å². The summed E-state index contributed by atoms with van der Waals surface area (Å²) in [6, 6.07) is 13.5. The number of carbonyl (C=O) groups excluding carboxylic acids is 2. The fraction of sp³-hybridized carbons (Fsp3) is 0.0833. The molecule has 0 radical (unpaired) electrons. The van der Waals surface area contributed by atoms with E-state index in [1.807, 2.05) is 0 Å². The second-order valence-electron chi connectivity index (χ2n) is 7.29. The van der Waals surface area contributed by atoms with Crippen LogP contribution in [0.1, 0.15) is 31.8 Å². The van der Waals surface area contributed by atoms with Gasteiger partial charge in [0.1, 0.15) is 11.5 Å². The average Bonchev–Trinajstić information content (AvgIpc) is 2.77. The van der Waals surface area contributed by atoms with Crippen molar-refractivity contribution in [2.24, 2.45) is 0 Å². The summed E-state index contributed by atoms with van der Waals surface area (Å²) >= 11 is 0. The molecule has 0 saturated carbocycles. The van der Waals surface area contributed by atoms with E-state index >= 15 is 0 Å². The van der Waals surface area contributed by atoms with Crippen molar-refractivity contribution in [1.29, 1.82) is 0 Å². The van der Waals surface area contributed by atoms with Crippen LogP contribution in [0.2, 0.25) is 0 Å². The summed E-state index contributed by atoms with van der Waals surface area (Å²) in [6.45, 7) is 0. The van der Waals surface area contributed by atoms with Gasteiger partial charge in [-0.2, -0.15) is 0 Å². The molecule has 2 amide bonds. The zero-order valence-electron chi connectivity index (χ0n) is 17.6. The fourth-order valence-corrected chi connectivity index (χ4v) is 3.16. The van der Waals surface area contributed by atoms with Crippen molar-refractivity contribution in [1.82, 2.24) is 0 Å². The van der Waals surface area contributed by atoms with Gasteiger partial charge in [-0.05, 0) is 48.5 Å². The summed E-state index contributed by atoms with van der Waals surface area (Å²) < 4.78 is 0. The maximum absolute atomic E-state index is 12.5. The Hall–Kier alpha value is -4.86. The van der Waals surface area contributed by atoms with E-state index in [2.05, 4.69) is 10.6 Å². The minimum atomic E-state index is -1.20. The van der Waals surface area contributed by atoms with E-state index in [-0.39, 0.29) is 58.0 Å². The Morgan fingerprint density at radius 3 is 1.35 bits per heavy atom. The molecule has 0 aliphatic carbocycles. The van der Waals surface area contributed by atoms with Crippen LogP contribution in [0.5, 0.6) is 11.5 Å². The van der Waals surface area contributed by atoms with Gasteiger partial charge in [0.25, 0.3) is 0 Å². The smallest absolute Gasteiger partial charge is 0.335 e. The average molecular weight is 464 g/mol. The molecule has 6 N–H and O–H groups in total. The number of rotatable bonds is 8. The minimum absolute atomic E-state index is 0.0801. The van der Waals surface area contributed by atoms with E-state index in [4.69, 9.17) is 10.2 Å². The molecular weight excluding hydrogens is 444 g/mol. The van der Waals surface area contributed by atoms with Crippen molar-refractivity contribution in [2.75, 3.05) is 10.6 Å². The van der Waals surface area contributed by atoms with Crippen molar-refractivity contribution in [3.63, 3.8) is 0 Å². The molecule has 0 saturated heterocycles. The highest BCUT2D eigenvalue weighted by molar-refractivity contribution is 6.01. The number of amides is 2. The van der Waals surface area contributed by atoms with Gasteiger partial charge in [-0.3, -0.25) is 9.59 Å². The lowest BCUT2D eigenvalue weighted by Crippen LogP contribution is -2.19. The van der Waals surface area contributed by atoms with Gasteiger partial charge < -0.3 is 31.1 Å². The fourth-order valence-electron chi connectivity index (χ4n) is 3.16. The van der Waals surface area contributed by atoms with Crippen LogP contribution >= 0.6 is 0 Å². The van der Waals surface area contributed by atoms with Crippen LogP contribution in [0.4, 0.5) is 11.4 Å². The van der Waals surface area contributed by atoms with Crippen molar-refractivity contribution in [2.45, 2.75) is 12.8 Å². The Morgan fingerprint density at radius 1 is 0.618 bits per heavy atom. The number of anilines is 2. The molecule has 3 rings (SSSR count). The number of carboxylic acids is 2. The lowest BCUT2D eigenvalue weighted by atomic mass is 10.1. The predicted molar refractivity (Wildman–Crippen MR) is 121 cm³/mol. The summed E-state index contributed by atoms with van der Waals surface area (Å²) in [5.41, 5.74) is 0.573. The Balaban J connectivity index is 1.72. The van der Waals surface area contributed by atoms with Crippen molar-refractivity contribution >= 4 is 35.1 Å². The van der Waals surface area contributed by atoms with E-state index in [1.54, 1.807) is 12.1 Å². The van der Waals surface area contributed by atoms with Crippen LogP contribution in [-0.4, -0.2) is 44.2 Å². The third-order valence-corrected chi connectivity index (χ3v) is 4.83. The van der Waals surface area contributed by atoms with Gasteiger partial charge in [0.2, 0.25) is 11.8 Å². The second kappa shape index (κ2) is 10.2. The van der Waals surface area contributed by atoms with E-state index in [9.17, 15) is 29.4 Å². The summed E-state index contributed by atoms with van der Waals surface area (Å²) in [5.74, 6) is -3.99. The summed E-state index contributed by atoms with van der Waals surface area (Å²) in [5, 5.41) is 43.2. The number of carboxylic acid groups (broad SMARTS) is 2. The number of aromatic carboxylic acids is 2. The quantitative estimate of drug-likeness (QED) is 0.295.